The highest BCUT2D eigenvalue weighted by molar-refractivity contribution is 6.31. The van der Waals surface area contributed by atoms with Gasteiger partial charge in [0.15, 0.2) is 0 Å². The Morgan fingerprint density at radius 1 is 0.926 bits per heavy atom. The molecule has 4 rings (SSSR count). The lowest BCUT2D eigenvalue weighted by atomic mass is 10.0. The van der Waals surface area contributed by atoms with Gasteiger partial charge in [0.1, 0.15) is 17.2 Å². The van der Waals surface area contributed by atoms with Crippen molar-refractivity contribution in [2.75, 3.05) is 0 Å². The molecule has 0 spiro atoms. The zero-order valence-electron chi connectivity index (χ0n) is 14.1. The molecule has 0 saturated heterocycles. The lowest BCUT2D eigenvalue weighted by Crippen LogP contribution is -2.10. The van der Waals surface area contributed by atoms with Crippen molar-refractivity contribution in [1.82, 2.24) is 0 Å². The summed E-state index contributed by atoms with van der Waals surface area (Å²) in [5, 5.41) is 3.87. The minimum Gasteiger partial charge on any atom is -0.457 e. The zero-order valence-corrected chi connectivity index (χ0v) is 14.1. The molecule has 2 aromatic carbocycles. The summed E-state index contributed by atoms with van der Waals surface area (Å²) >= 11 is 0. The van der Waals surface area contributed by atoms with Crippen LogP contribution in [0.1, 0.15) is 21.7 Å². The van der Waals surface area contributed by atoms with Gasteiger partial charge in [-0.2, -0.15) is 0 Å². The number of nitrogens with zero attached hydrogens (tertiary/aromatic N) is 1. The number of furan rings is 1. The van der Waals surface area contributed by atoms with Crippen LogP contribution in [-0.2, 0) is 9.63 Å². The number of carbonyl (C=O) groups excluding carboxylic acids is 2. The predicted molar refractivity (Wildman–Crippen MR) is 99.7 cm³/mol. The quantitative estimate of drug-likeness (QED) is 0.571. The van der Waals surface area contributed by atoms with E-state index in [1.165, 1.54) is 0 Å². The Morgan fingerprint density at radius 3 is 2.37 bits per heavy atom. The van der Waals surface area contributed by atoms with Crippen LogP contribution in [0.4, 0.5) is 0 Å². The smallest absolute Gasteiger partial charge is 0.368 e. The lowest BCUT2D eigenvalue weighted by molar-refractivity contribution is -0.136. The van der Waals surface area contributed by atoms with Crippen LogP contribution in [0.3, 0.4) is 0 Å². The number of benzene rings is 2. The van der Waals surface area contributed by atoms with Gasteiger partial charge in [-0.25, -0.2) is 4.79 Å². The van der Waals surface area contributed by atoms with Gasteiger partial charge >= 0.3 is 5.97 Å². The van der Waals surface area contributed by atoms with Gasteiger partial charge in [-0.15, -0.1) is 0 Å². The Labute approximate surface area is 154 Å². The molecule has 1 aliphatic rings. The van der Waals surface area contributed by atoms with Crippen molar-refractivity contribution in [3.8, 4) is 11.3 Å². The summed E-state index contributed by atoms with van der Waals surface area (Å²) in [6.45, 7) is 0. The van der Waals surface area contributed by atoms with Crippen LogP contribution >= 0.6 is 0 Å². The third kappa shape index (κ3) is 3.28. The highest BCUT2D eigenvalue weighted by Gasteiger charge is 2.27. The Kier molecular flexibility index (Phi) is 4.14. The SMILES string of the molecule is NC(=O)c1ccc(-c2ccc(/C=C3/C(=O)ON=C3c3ccccc3)o2)cc1. The monoisotopic (exact) mass is 358 g/mol. The topological polar surface area (TPSA) is 94.9 Å². The maximum absolute atomic E-state index is 12.0. The number of hydrogen-bond donors (Lipinski definition) is 1. The summed E-state index contributed by atoms with van der Waals surface area (Å²) in [5.74, 6) is 0.0698. The summed E-state index contributed by atoms with van der Waals surface area (Å²) < 4.78 is 5.81. The van der Waals surface area contributed by atoms with Crippen LogP contribution < -0.4 is 5.73 Å². The molecule has 0 aliphatic carbocycles. The first-order chi connectivity index (χ1) is 13.1. The number of oxime groups is 1. The Morgan fingerprint density at radius 2 is 1.67 bits per heavy atom. The number of hydrogen-bond acceptors (Lipinski definition) is 5. The zero-order chi connectivity index (χ0) is 18.8. The normalized spacial score (nSPS) is 14.9. The van der Waals surface area contributed by atoms with Crippen molar-refractivity contribution in [3.05, 3.63) is 89.2 Å². The first kappa shape index (κ1) is 16.5. The Hall–Kier alpha value is -3.93. The van der Waals surface area contributed by atoms with E-state index in [9.17, 15) is 9.59 Å². The van der Waals surface area contributed by atoms with Crippen LogP contribution in [0.15, 0.2) is 81.9 Å². The van der Waals surface area contributed by atoms with Crippen LogP contribution in [-0.4, -0.2) is 17.6 Å². The molecule has 0 radical (unpaired) electrons. The summed E-state index contributed by atoms with van der Waals surface area (Å²) in [6, 6.07) is 19.6. The maximum Gasteiger partial charge on any atom is 0.368 e. The summed E-state index contributed by atoms with van der Waals surface area (Å²) in [5.41, 5.74) is 8.02. The van der Waals surface area contributed by atoms with Gasteiger partial charge in [0.25, 0.3) is 0 Å². The molecule has 6 nitrogen and oxygen atoms in total. The number of rotatable bonds is 4. The van der Waals surface area contributed by atoms with E-state index in [1.807, 2.05) is 30.3 Å². The fraction of sp³-hybridized carbons (Fsp3) is 0. The van der Waals surface area contributed by atoms with E-state index < -0.39 is 11.9 Å². The molecule has 0 unspecified atom stereocenters. The molecule has 0 bridgehead atoms. The third-order valence-corrected chi connectivity index (χ3v) is 4.11. The average molecular weight is 358 g/mol. The van der Waals surface area contributed by atoms with Crippen LogP contribution in [0.25, 0.3) is 17.4 Å². The Bertz CT molecular complexity index is 1080. The molecular weight excluding hydrogens is 344 g/mol. The first-order valence-electron chi connectivity index (χ1n) is 8.19. The molecule has 2 N–H and O–H groups in total. The lowest BCUT2D eigenvalue weighted by Gasteiger charge is -2.00. The van der Waals surface area contributed by atoms with E-state index in [-0.39, 0.29) is 0 Å². The van der Waals surface area contributed by atoms with Gasteiger partial charge in [0, 0.05) is 16.7 Å². The molecule has 27 heavy (non-hydrogen) atoms. The highest BCUT2D eigenvalue weighted by Crippen LogP contribution is 2.26. The molecule has 1 aromatic heterocycles. The number of primary amides is 1. The standard InChI is InChI=1S/C21H14N2O4/c22-20(24)15-8-6-13(7-9-15)18-11-10-16(26-18)12-17-19(23-27-21(17)25)14-4-2-1-3-5-14/h1-12H,(H2,22,24)/b17-12+. The van der Waals surface area contributed by atoms with E-state index in [0.717, 1.165) is 11.1 Å². The fourth-order valence-corrected chi connectivity index (χ4v) is 2.74. The molecular formula is C21H14N2O4. The second kappa shape index (κ2) is 6.76. The van der Waals surface area contributed by atoms with Crippen molar-refractivity contribution in [1.29, 1.82) is 0 Å². The molecule has 2 heterocycles. The molecule has 1 aliphatic heterocycles. The molecule has 6 heteroatoms. The van der Waals surface area contributed by atoms with Gasteiger partial charge in [0.05, 0.1) is 5.57 Å². The van der Waals surface area contributed by atoms with Crippen LogP contribution in [0.5, 0.6) is 0 Å². The van der Waals surface area contributed by atoms with E-state index >= 15 is 0 Å². The Balaban J connectivity index is 1.64. The van der Waals surface area contributed by atoms with Crippen molar-refractivity contribution in [2.45, 2.75) is 0 Å². The summed E-state index contributed by atoms with van der Waals surface area (Å²) in [7, 11) is 0. The number of amides is 1. The van der Waals surface area contributed by atoms with Crippen molar-refractivity contribution < 1.29 is 18.8 Å². The summed E-state index contributed by atoms with van der Waals surface area (Å²) in [6.07, 6.45) is 1.60. The van der Waals surface area contributed by atoms with E-state index in [4.69, 9.17) is 15.0 Å². The number of carbonyl (C=O) groups is 2. The number of nitrogens with two attached hydrogens (primary N) is 1. The van der Waals surface area contributed by atoms with Gasteiger partial charge in [-0.3, -0.25) is 4.79 Å². The fourth-order valence-electron chi connectivity index (χ4n) is 2.74. The van der Waals surface area contributed by atoms with Gasteiger partial charge in [0.2, 0.25) is 5.91 Å². The van der Waals surface area contributed by atoms with E-state index in [1.54, 1.807) is 42.5 Å². The summed E-state index contributed by atoms with van der Waals surface area (Å²) in [4.78, 5) is 28.0. The molecule has 0 saturated carbocycles. The maximum atomic E-state index is 12.0. The second-order valence-electron chi connectivity index (χ2n) is 5.89. The minimum atomic E-state index is -0.530. The average Bonchev–Trinajstić information content (AvgIpc) is 3.30. The van der Waals surface area contributed by atoms with Crippen molar-refractivity contribution in [3.63, 3.8) is 0 Å². The highest BCUT2D eigenvalue weighted by atomic mass is 16.7. The minimum absolute atomic E-state index is 0.325. The van der Waals surface area contributed by atoms with E-state index in [2.05, 4.69) is 5.16 Å². The van der Waals surface area contributed by atoms with Gasteiger partial charge < -0.3 is 15.0 Å². The molecule has 3 aromatic rings. The van der Waals surface area contributed by atoms with Crippen LogP contribution in [0, 0.1) is 0 Å². The van der Waals surface area contributed by atoms with Crippen molar-refractivity contribution >= 4 is 23.7 Å². The predicted octanol–water partition coefficient (Wildman–Crippen LogP) is 3.39. The molecule has 0 atom stereocenters. The van der Waals surface area contributed by atoms with Gasteiger partial charge in [-0.1, -0.05) is 47.6 Å². The van der Waals surface area contributed by atoms with E-state index in [0.29, 0.717) is 28.4 Å². The largest absolute Gasteiger partial charge is 0.457 e. The third-order valence-electron chi connectivity index (χ3n) is 4.11. The van der Waals surface area contributed by atoms with Crippen molar-refractivity contribution in [2.24, 2.45) is 10.9 Å². The second-order valence-corrected chi connectivity index (χ2v) is 5.89. The van der Waals surface area contributed by atoms with Gasteiger partial charge in [-0.05, 0) is 30.3 Å². The molecule has 0 fully saturated rings. The molecule has 1 amide bonds. The molecule has 132 valence electrons. The van der Waals surface area contributed by atoms with Crippen LogP contribution in [0.2, 0.25) is 0 Å². The first-order valence-corrected chi connectivity index (χ1v) is 8.19.